The summed E-state index contributed by atoms with van der Waals surface area (Å²) in [7, 11) is 0. The summed E-state index contributed by atoms with van der Waals surface area (Å²) < 4.78 is 3.65. The second-order valence-corrected chi connectivity index (χ2v) is 5.70. The fraction of sp³-hybridized carbons (Fsp3) is 0.571. The van der Waals surface area contributed by atoms with Gasteiger partial charge in [0, 0.05) is 25.3 Å². The van der Waals surface area contributed by atoms with E-state index in [1.807, 2.05) is 34.3 Å². The van der Waals surface area contributed by atoms with Crippen LogP contribution in [0.2, 0.25) is 0 Å². The van der Waals surface area contributed by atoms with Crippen molar-refractivity contribution in [1.82, 2.24) is 29.4 Å². The van der Waals surface area contributed by atoms with Crippen molar-refractivity contribution >= 4 is 5.91 Å². The van der Waals surface area contributed by atoms with Gasteiger partial charge in [0.25, 0.3) is 5.91 Å². The quantitative estimate of drug-likeness (QED) is 0.859. The topological polar surface area (TPSA) is 68.8 Å². The molecule has 7 heteroatoms. The van der Waals surface area contributed by atoms with Gasteiger partial charge in [0.15, 0.2) is 0 Å². The molecule has 0 bridgehead atoms. The van der Waals surface area contributed by atoms with E-state index in [1.165, 1.54) is 6.33 Å². The Morgan fingerprint density at radius 2 is 2.29 bits per heavy atom. The Bertz CT molecular complexity index is 603. The van der Waals surface area contributed by atoms with Crippen molar-refractivity contribution in [3.63, 3.8) is 0 Å². The third-order valence-corrected chi connectivity index (χ3v) is 3.85. The lowest BCUT2D eigenvalue weighted by atomic mass is 10.1. The SMILES string of the molecule is CC(C)n1ccc(C(=O)N2CCC[C@H](n3cncn3)C2)n1. The normalized spacial score (nSPS) is 19.2. The molecule has 0 N–H and O–H groups in total. The number of piperidine rings is 1. The second kappa shape index (κ2) is 5.67. The van der Waals surface area contributed by atoms with E-state index in [1.54, 1.807) is 12.4 Å². The number of aromatic nitrogens is 5. The molecule has 21 heavy (non-hydrogen) atoms. The van der Waals surface area contributed by atoms with E-state index in [4.69, 9.17) is 0 Å². The molecule has 0 spiro atoms. The Labute approximate surface area is 123 Å². The molecule has 1 fully saturated rings. The minimum absolute atomic E-state index is 0.000727. The van der Waals surface area contributed by atoms with E-state index in [9.17, 15) is 4.79 Å². The maximum Gasteiger partial charge on any atom is 0.274 e. The van der Waals surface area contributed by atoms with E-state index in [2.05, 4.69) is 15.2 Å². The van der Waals surface area contributed by atoms with E-state index >= 15 is 0 Å². The molecule has 1 aliphatic heterocycles. The van der Waals surface area contributed by atoms with Gasteiger partial charge in [-0.1, -0.05) is 0 Å². The van der Waals surface area contributed by atoms with Crippen LogP contribution in [-0.4, -0.2) is 48.4 Å². The summed E-state index contributed by atoms with van der Waals surface area (Å²) in [6.45, 7) is 5.53. The number of likely N-dealkylation sites (tertiary alicyclic amines) is 1. The van der Waals surface area contributed by atoms with Gasteiger partial charge in [0.05, 0.1) is 6.04 Å². The molecule has 0 aliphatic carbocycles. The first-order valence-electron chi connectivity index (χ1n) is 7.33. The van der Waals surface area contributed by atoms with Crippen molar-refractivity contribution in [2.75, 3.05) is 13.1 Å². The van der Waals surface area contributed by atoms with E-state index in [-0.39, 0.29) is 18.0 Å². The number of carbonyl (C=O) groups excluding carboxylic acids is 1. The molecule has 0 unspecified atom stereocenters. The smallest absolute Gasteiger partial charge is 0.274 e. The van der Waals surface area contributed by atoms with Crippen LogP contribution in [0.3, 0.4) is 0 Å². The van der Waals surface area contributed by atoms with Crippen molar-refractivity contribution < 1.29 is 4.79 Å². The lowest BCUT2D eigenvalue weighted by molar-refractivity contribution is 0.0665. The molecule has 1 saturated heterocycles. The Hall–Kier alpha value is -2.18. The van der Waals surface area contributed by atoms with Crippen molar-refractivity contribution in [2.24, 2.45) is 0 Å². The summed E-state index contributed by atoms with van der Waals surface area (Å²) in [4.78, 5) is 18.4. The van der Waals surface area contributed by atoms with E-state index < -0.39 is 0 Å². The van der Waals surface area contributed by atoms with Crippen LogP contribution >= 0.6 is 0 Å². The zero-order chi connectivity index (χ0) is 14.8. The zero-order valence-electron chi connectivity index (χ0n) is 12.4. The van der Waals surface area contributed by atoms with Crippen LogP contribution in [0.25, 0.3) is 0 Å². The molecule has 7 nitrogen and oxygen atoms in total. The summed E-state index contributed by atoms with van der Waals surface area (Å²) in [6, 6.07) is 2.26. The molecule has 0 aromatic carbocycles. The van der Waals surface area contributed by atoms with Crippen molar-refractivity contribution in [3.8, 4) is 0 Å². The largest absolute Gasteiger partial charge is 0.335 e. The molecule has 1 amide bonds. The maximum atomic E-state index is 12.6. The molecule has 0 saturated carbocycles. The van der Waals surface area contributed by atoms with Gasteiger partial charge in [0.1, 0.15) is 18.3 Å². The van der Waals surface area contributed by atoms with E-state index in [0.29, 0.717) is 12.2 Å². The van der Waals surface area contributed by atoms with Gasteiger partial charge in [-0.25, -0.2) is 9.67 Å². The number of hydrogen-bond acceptors (Lipinski definition) is 4. The Morgan fingerprint density at radius 3 is 2.95 bits per heavy atom. The third-order valence-electron chi connectivity index (χ3n) is 3.85. The maximum absolute atomic E-state index is 12.6. The van der Waals surface area contributed by atoms with Gasteiger partial charge in [-0.15, -0.1) is 0 Å². The molecular formula is C14H20N6O. The van der Waals surface area contributed by atoms with Crippen LogP contribution < -0.4 is 0 Å². The van der Waals surface area contributed by atoms with Crippen molar-refractivity contribution in [2.45, 2.75) is 38.8 Å². The lowest BCUT2D eigenvalue weighted by Gasteiger charge is -2.32. The average molecular weight is 288 g/mol. The summed E-state index contributed by atoms with van der Waals surface area (Å²) in [6.07, 6.45) is 7.10. The molecule has 112 valence electrons. The summed E-state index contributed by atoms with van der Waals surface area (Å²) in [5.41, 5.74) is 0.517. The minimum Gasteiger partial charge on any atom is -0.335 e. The van der Waals surface area contributed by atoms with E-state index in [0.717, 1.165) is 19.4 Å². The first-order chi connectivity index (χ1) is 10.1. The summed E-state index contributed by atoms with van der Waals surface area (Å²) >= 11 is 0. The number of rotatable bonds is 3. The predicted molar refractivity (Wildman–Crippen MR) is 76.8 cm³/mol. The Balaban J connectivity index is 1.71. The highest BCUT2D eigenvalue weighted by Crippen LogP contribution is 2.21. The highest BCUT2D eigenvalue weighted by Gasteiger charge is 2.27. The molecule has 1 aliphatic rings. The molecule has 2 aromatic heterocycles. The van der Waals surface area contributed by atoms with Crippen LogP contribution in [0.15, 0.2) is 24.9 Å². The predicted octanol–water partition coefficient (Wildman–Crippen LogP) is 1.53. The molecule has 3 heterocycles. The van der Waals surface area contributed by atoms with Gasteiger partial charge in [-0.05, 0) is 32.8 Å². The van der Waals surface area contributed by atoms with Crippen LogP contribution in [-0.2, 0) is 0 Å². The lowest BCUT2D eigenvalue weighted by Crippen LogP contribution is -2.41. The average Bonchev–Trinajstić information content (AvgIpc) is 3.18. The third kappa shape index (κ3) is 2.81. The monoisotopic (exact) mass is 288 g/mol. The Kier molecular flexibility index (Phi) is 3.72. The van der Waals surface area contributed by atoms with Crippen LogP contribution in [0.5, 0.6) is 0 Å². The Morgan fingerprint density at radius 1 is 1.43 bits per heavy atom. The summed E-state index contributed by atoms with van der Waals surface area (Å²) in [5, 5.41) is 8.54. The fourth-order valence-corrected chi connectivity index (χ4v) is 2.66. The molecule has 1 atom stereocenters. The minimum atomic E-state index is -0.000727. The number of carbonyl (C=O) groups is 1. The molecule has 0 radical (unpaired) electrons. The van der Waals surface area contributed by atoms with Crippen LogP contribution in [0.4, 0.5) is 0 Å². The first kappa shape index (κ1) is 13.8. The van der Waals surface area contributed by atoms with Crippen LogP contribution in [0, 0.1) is 0 Å². The summed E-state index contributed by atoms with van der Waals surface area (Å²) in [5.74, 6) is -0.000727. The zero-order valence-corrected chi connectivity index (χ0v) is 12.4. The standard InChI is InChI=1S/C14H20N6O/c1-11(2)19-7-5-13(17-19)14(21)18-6-3-4-12(8-18)20-10-15-9-16-20/h5,7,9-12H,3-4,6,8H2,1-2H3/t12-/m0/s1. The number of amides is 1. The molecular weight excluding hydrogens is 268 g/mol. The number of nitrogens with zero attached hydrogens (tertiary/aromatic N) is 6. The van der Waals surface area contributed by atoms with Crippen molar-refractivity contribution in [1.29, 1.82) is 0 Å². The second-order valence-electron chi connectivity index (χ2n) is 5.70. The molecule has 3 rings (SSSR count). The van der Waals surface area contributed by atoms with Gasteiger partial charge in [0.2, 0.25) is 0 Å². The van der Waals surface area contributed by atoms with Gasteiger partial charge >= 0.3 is 0 Å². The van der Waals surface area contributed by atoms with Gasteiger partial charge < -0.3 is 4.90 Å². The van der Waals surface area contributed by atoms with Gasteiger partial charge in [-0.3, -0.25) is 9.48 Å². The van der Waals surface area contributed by atoms with Crippen LogP contribution in [0.1, 0.15) is 49.3 Å². The highest BCUT2D eigenvalue weighted by molar-refractivity contribution is 5.92. The highest BCUT2D eigenvalue weighted by atomic mass is 16.2. The molecule has 2 aromatic rings. The van der Waals surface area contributed by atoms with Gasteiger partial charge in [-0.2, -0.15) is 10.2 Å². The van der Waals surface area contributed by atoms with Crippen molar-refractivity contribution in [3.05, 3.63) is 30.6 Å². The fourth-order valence-electron chi connectivity index (χ4n) is 2.66. The number of hydrogen-bond donors (Lipinski definition) is 0. The first-order valence-corrected chi connectivity index (χ1v) is 7.33.